The molecule has 3 heterocycles. The van der Waals surface area contributed by atoms with Crippen LogP contribution in [-0.2, 0) is 31.2 Å². The first-order valence-electron chi connectivity index (χ1n) is 11.4. The second-order valence-electron chi connectivity index (χ2n) is 8.46. The number of aromatic amines is 1. The molecule has 0 atom stereocenters. The molecule has 2 N–H and O–H groups in total. The van der Waals surface area contributed by atoms with Crippen LogP contribution in [-0.4, -0.2) is 35.2 Å². The van der Waals surface area contributed by atoms with E-state index in [9.17, 15) is 27.2 Å². The van der Waals surface area contributed by atoms with Gasteiger partial charge in [0, 0.05) is 36.1 Å². The van der Waals surface area contributed by atoms with Crippen LogP contribution in [0.5, 0.6) is 5.88 Å². The maximum atomic E-state index is 13.9. The first-order valence-corrected chi connectivity index (χ1v) is 11.4. The van der Waals surface area contributed by atoms with Crippen LogP contribution in [0.4, 0.5) is 23.2 Å². The summed E-state index contributed by atoms with van der Waals surface area (Å²) in [5.74, 6) is -0.602. The molecule has 0 saturated heterocycles. The summed E-state index contributed by atoms with van der Waals surface area (Å²) in [7, 11) is 1.40. The van der Waals surface area contributed by atoms with E-state index in [1.807, 2.05) is 0 Å². The Labute approximate surface area is 216 Å². The normalized spacial score (nSPS) is 11.6. The molecule has 1 amide bonds. The van der Waals surface area contributed by atoms with Crippen molar-refractivity contribution in [2.24, 2.45) is 7.05 Å². The van der Waals surface area contributed by atoms with Crippen molar-refractivity contribution in [2.45, 2.75) is 19.3 Å². The number of rotatable bonds is 7. The van der Waals surface area contributed by atoms with E-state index in [0.29, 0.717) is 11.4 Å². The van der Waals surface area contributed by atoms with Gasteiger partial charge < -0.3 is 10.1 Å². The first-order chi connectivity index (χ1) is 18.6. The van der Waals surface area contributed by atoms with Gasteiger partial charge in [-0.15, -0.1) is 0 Å². The van der Waals surface area contributed by atoms with E-state index in [0.717, 1.165) is 28.8 Å². The maximum absolute atomic E-state index is 13.9. The number of aromatic nitrogens is 6. The lowest BCUT2D eigenvalue weighted by Crippen LogP contribution is -2.28. The Hall–Kier alpha value is -5.01. The monoisotopic (exact) mass is 541 g/mol. The number of alkyl halides is 3. The molecule has 0 aliphatic rings. The number of ether oxygens (including phenoxy) is 1. The Morgan fingerprint density at radius 2 is 1.87 bits per heavy atom. The average molecular weight is 541 g/mol. The van der Waals surface area contributed by atoms with E-state index >= 15 is 0 Å². The van der Waals surface area contributed by atoms with E-state index in [2.05, 4.69) is 25.5 Å². The molecule has 0 bridgehead atoms. The van der Waals surface area contributed by atoms with Crippen LogP contribution in [0.1, 0.15) is 11.4 Å². The van der Waals surface area contributed by atoms with Gasteiger partial charge in [0.2, 0.25) is 11.8 Å². The molecule has 2 aromatic carbocycles. The fourth-order valence-corrected chi connectivity index (χ4v) is 4.04. The molecule has 0 radical (unpaired) electrons. The third-order valence-electron chi connectivity index (χ3n) is 5.85. The lowest BCUT2D eigenvalue weighted by atomic mass is 10.0. The summed E-state index contributed by atoms with van der Waals surface area (Å²) < 4.78 is 62.4. The zero-order valence-corrected chi connectivity index (χ0v) is 20.2. The number of pyridine rings is 1. The summed E-state index contributed by atoms with van der Waals surface area (Å²) in [6.45, 7) is -0.540. The number of imidazole rings is 1. The predicted molar refractivity (Wildman–Crippen MR) is 131 cm³/mol. The third-order valence-corrected chi connectivity index (χ3v) is 5.85. The number of carbonyl (C=O) groups excluding carboxylic acids is 1. The summed E-state index contributed by atoms with van der Waals surface area (Å²) in [6.07, 6.45) is -2.02. The highest BCUT2D eigenvalue weighted by Gasteiger charge is 2.33. The van der Waals surface area contributed by atoms with Crippen molar-refractivity contribution in [2.75, 3.05) is 5.32 Å². The number of aryl methyl sites for hydroxylation is 1. The maximum Gasteiger partial charge on any atom is 0.416 e. The molecule has 200 valence electrons. The number of carbonyl (C=O) groups is 1. The smallest absolute Gasteiger partial charge is 0.416 e. The zero-order valence-electron chi connectivity index (χ0n) is 20.2. The number of nitrogens with one attached hydrogen (secondary N) is 2. The van der Waals surface area contributed by atoms with Gasteiger partial charge in [-0.1, -0.05) is 0 Å². The van der Waals surface area contributed by atoms with Crippen molar-refractivity contribution in [1.82, 2.24) is 29.3 Å². The summed E-state index contributed by atoms with van der Waals surface area (Å²) in [6, 6.07) is 9.66. The van der Waals surface area contributed by atoms with Crippen molar-refractivity contribution in [3.63, 3.8) is 0 Å². The van der Waals surface area contributed by atoms with Crippen molar-refractivity contribution >= 4 is 22.6 Å². The van der Waals surface area contributed by atoms with Gasteiger partial charge in [0.05, 0.1) is 16.6 Å². The van der Waals surface area contributed by atoms with Crippen LogP contribution >= 0.6 is 0 Å². The van der Waals surface area contributed by atoms with Crippen molar-refractivity contribution < 1.29 is 27.1 Å². The van der Waals surface area contributed by atoms with E-state index in [4.69, 9.17) is 4.74 Å². The Morgan fingerprint density at radius 1 is 1.10 bits per heavy atom. The largest absolute Gasteiger partial charge is 0.469 e. The summed E-state index contributed by atoms with van der Waals surface area (Å²) >= 11 is 0. The van der Waals surface area contributed by atoms with Gasteiger partial charge in [-0.25, -0.2) is 19.2 Å². The molecule has 0 aliphatic carbocycles. The van der Waals surface area contributed by atoms with Crippen LogP contribution in [0.15, 0.2) is 65.8 Å². The molecule has 5 rings (SSSR count). The predicted octanol–water partition coefficient (Wildman–Crippen LogP) is 3.90. The number of fused-ring (bicyclic) bond motifs is 1. The van der Waals surface area contributed by atoms with Gasteiger partial charge in [-0.3, -0.25) is 19.0 Å². The topological polar surface area (TPSA) is 120 Å². The van der Waals surface area contributed by atoms with Gasteiger partial charge in [0.1, 0.15) is 18.7 Å². The Morgan fingerprint density at radius 3 is 2.51 bits per heavy atom. The van der Waals surface area contributed by atoms with Crippen LogP contribution in [0.3, 0.4) is 0 Å². The van der Waals surface area contributed by atoms with Crippen molar-refractivity contribution in [3.8, 4) is 17.0 Å². The van der Waals surface area contributed by atoms with E-state index in [1.165, 1.54) is 48.4 Å². The van der Waals surface area contributed by atoms with Crippen LogP contribution < -0.4 is 15.7 Å². The highest BCUT2D eigenvalue weighted by Crippen LogP contribution is 2.37. The highest BCUT2D eigenvalue weighted by molar-refractivity contribution is 5.95. The van der Waals surface area contributed by atoms with E-state index < -0.39 is 35.7 Å². The van der Waals surface area contributed by atoms with Crippen LogP contribution in [0.2, 0.25) is 0 Å². The Balaban J connectivity index is 1.52. The molecule has 0 spiro atoms. The van der Waals surface area contributed by atoms with Gasteiger partial charge in [0.25, 0.3) is 0 Å². The standard InChI is InChI=1S/C25H19F4N7O3/c1-35-23-18(14-2-7-22(30-10-14)39-12-20-31-13-32-34-20)8-15(25(27,28)29)9-19(23)36(24(35)38)11-21(37)33-17-5-3-16(26)4-6-17/h2-10,13H,11-12H2,1H3,(H,33,37)(H,31,32,34). The molecule has 0 aliphatic heterocycles. The number of halogens is 4. The molecule has 14 heteroatoms. The summed E-state index contributed by atoms with van der Waals surface area (Å²) in [4.78, 5) is 33.8. The second kappa shape index (κ2) is 10.0. The fourth-order valence-electron chi connectivity index (χ4n) is 4.04. The Kier molecular flexibility index (Phi) is 6.60. The minimum Gasteiger partial charge on any atom is -0.469 e. The van der Waals surface area contributed by atoms with Gasteiger partial charge >= 0.3 is 11.9 Å². The SMILES string of the molecule is Cn1c(=O)n(CC(=O)Nc2ccc(F)cc2)c2cc(C(F)(F)F)cc(-c3ccc(OCc4nc[nH]n4)nc3)c21. The van der Waals surface area contributed by atoms with Crippen molar-refractivity contribution in [3.05, 3.63) is 88.7 Å². The lowest BCUT2D eigenvalue weighted by Gasteiger charge is -2.13. The van der Waals surface area contributed by atoms with Crippen LogP contribution in [0.25, 0.3) is 22.2 Å². The summed E-state index contributed by atoms with van der Waals surface area (Å²) in [5, 5.41) is 8.91. The van der Waals surface area contributed by atoms with Gasteiger partial charge in [0.15, 0.2) is 12.4 Å². The molecule has 0 fully saturated rings. The molecule has 0 saturated carbocycles. The number of amides is 1. The minimum atomic E-state index is -4.73. The van der Waals surface area contributed by atoms with Gasteiger partial charge in [-0.05, 0) is 42.5 Å². The lowest BCUT2D eigenvalue weighted by molar-refractivity contribution is -0.137. The molecule has 39 heavy (non-hydrogen) atoms. The van der Waals surface area contributed by atoms with E-state index in [-0.39, 0.29) is 34.8 Å². The minimum absolute atomic E-state index is 0.0288. The number of nitrogens with zero attached hydrogens (tertiary/aromatic N) is 5. The summed E-state index contributed by atoms with van der Waals surface area (Å²) in [5.41, 5.74) is -0.967. The van der Waals surface area contributed by atoms with E-state index in [1.54, 1.807) is 0 Å². The average Bonchev–Trinajstić information content (AvgIpc) is 3.51. The first kappa shape index (κ1) is 25.6. The molecular weight excluding hydrogens is 522 g/mol. The molecule has 5 aromatic rings. The molecule has 3 aromatic heterocycles. The zero-order chi connectivity index (χ0) is 27.7. The quantitative estimate of drug-likeness (QED) is 0.302. The van der Waals surface area contributed by atoms with Crippen LogP contribution in [0, 0.1) is 5.82 Å². The number of hydrogen-bond acceptors (Lipinski definition) is 6. The van der Waals surface area contributed by atoms with Gasteiger partial charge in [-0.2, -0.15) is 18.3 Å². The number of hydrogen-bond donors (Lipinski definition) is 2. The number of H-pyrrole nitrogens is 1. The molecular formula is C25H19F4N7O3. The Bertz CT molecular complexity index is 1690. The third kappa shape index (κ3) is 5.35. The molecule has 0 unspecified atom stereocenters. The number of benzene rings is 2. The molecule has 10 nitrogen and oxygen atoms in total. The highest BCUT2D eigenvalue weighted by atomic mass is 19.4. The number of anilines is 1. The fraction of sp³-hybridized carbons (Fsp3) is 0.160. The second-order valence-corrected chi connectivity index (χ2v) is 8.46. The van der Waals surface area contributed by atoms with Crippen molar-refractivity contribution in [1.29, 1.82) is 0 Å².